The van der Waals surface area contributed by atoms with Crippen LogP contribution >= 0.6 is 0 Å². The number of nitrogens with one attached hydrogen (secondary N) is 1. The van der Waals surface area contributed by atoms with Gasteiger partial charge in [-0.2, -0.15) is 0 Å². The second-order valence-electron chi connectivity index (χ2n) is 4.87. The molecule has 1 atom stereocenters. The van der Waals surface area contributed by atoms with Crippen LogP contribution in [0.25, 0.3) is 0 Å². The van der Waals surface area contributed by atoms with Crippen LogP contribution in [-0.4, -0.2) is 50.4 Å². The van der Waals surface area contributed by atoms with E-state index in [0.717, 1.165) is 25.0 Å². The molecule has 0 aliphatic carbocycles. The predicted octanol–water partition coefficient (Wildman–Crippen LogP) is 1.62. The van der Waals surface area contributed by atoms with Gasteiger partial charge in [-0.15, -0.1) is 0 Å². The third-order valence-electron chi connectivity index (χ3n) is 3.31. The Morgan fingerprint density at radius 2 is 2.50 bits per heavy atom. The first-order chi connectivity index (χ1) is 9.79. The van der Waals surface area contributed by atoms with Gasteiger partial charge in [0.25, 0.3) is 0 Å². The molecule has 1 saturated heterocycles. The van der Waals surface area contributed by atoms with E-state index in [1.54, 1.807) is 24.5 Å². The molecule has 6 nitrogen and oxygen atoms in total. The molecule has 0 spiro atoms. The number of hydrogen-bond acceptors (Lipinski definition) is 4. The molecule has 112 valence electrons. The maximum atomic E-state index is 12.2. The van der Waals surface area contributed by atoms with Crippen molar-refractivity contribution in [2.24, 2.45) is 0 Å². The number of nitrogens with zero attached hydrogens (tertiary/aromatic N) is 1. The van der Waals surface area contributed by atoms with Gasteiger partial charge in [-0.1, -0.05) is 0 Å². The smallest absolute Gasteiger partial charge is 0.317 e. The zero-order valence-electron chi connectivity index (χ0n) is 11.8. The van der Waals surface area contributed by atoms with E-state index in [1.807, 2.05) is 6.07 Å². The molecular formula is C14H22N2O4. The van der Waals surface area contributed by atoms with E-state index in [4.69, 9.17) is 13.9 Å². The van der Waals surface area contributed by atoms with Gasteiger partial charge in [0.2, 0.25) is 0 Å². The Hall–Kier alpha value is -1.53. The summed E-state index contributed by atoms with van der Waals surface area (Å²) >= 11 is 0. The van der Waals surface area contributed by atoms with Crippen molar-refractivity contribution in [3.05, 3.63) is 24.2 Å². The average molecular weight is 282 g/mol. The Balaban J connectivity index is 1.82. The Kier molecular flexibility index (Phi) is 5.88. The monoisotopic (exact) mass is 282 g/mol. The number of urea groups is 1. The fraction of sp³-hybridized carbons (Fsp3) is 0.643. The molecule has 1 aromatic heterocycles. The van der Waals surface area contributed by atoms with Crippen molar-refractivity contribution in [3.8, 4) is 0 Å². The summed E-state index contributed by atoms with van der Waals surface area (Å²) in [5, 5.41) is 2.92. The standard InChI is InChI=1S/C14H22N2O4/c1-18-8-5-16(10-12-4-7-19-11-12)14(17)15-9-13-3-2-6-20-13/h4,7,11,13H,2-3,5-6,8-10H2,1H3,(H,15,17). The average Bonchev–Trinajstić information content (AvgIpc) is 3.13. The van der Waals surface area contributed by atoms with Crippen molar-refractivity contribution < 1.29 is 18.7 Å². The van der Waals surface area contributed by atoms with Gasteiger partial charge in [0.1, 0.15) is 0 Å². The summed E-state index contributed by atoms with van der Waals surface area (Å²) in [6.07, 6.45) is 5.49. The molecule has 0 aromatic carbocycles. The lowest BCUT2D eigenvalue weighted by Crippen LogP contribution is -2.43. The number of carbonyl (C=O) groups is 1. The molecule has 2 rings (SSSR count). The summed E-state index contributed by atoms with van der Waals surface area (Å²) in [4.78, 5) is 13.9. The highest BCUT2D eigenvalue weighted by Crippen LogP contribution is 2.11. The lowest BCUT2D eigenvalue weighted by atomic mass is 10.2. The first-order valence-corrected chi connectivity index (χ1v) is 6.94. The van der Waals surface area contributed by atoms with Gasteiger partial charge in [0, 0.05) is 32.4 Å². The van der Waals surface area contributed by atoms with Gasteiger partial charge in [0.15, 0.2) is 0 Å². The van der Waals surface area contributed by atoms with Crippen molar-refractivity contribution in [2.45, 2.75) is 25.5 Å². The van der Waals surface area contributed by atoms with Crippen molar-refractivity contribution in [1.29, 1.82) is 0 Å². The van der Waals surface area contributed by atoms with E-state index in [0.29, 0.717) is 26.2 Å². The largest absolute Gasteiger partial charge is 0.472 e. The molecule has 1 N–H and O–H groups in total. The zero-order valence-corrected chi connectivity index (χ0v) is 11.8. The molecule has 1 fully saturated rings. The lowest BCUT2D eigenvalue weighted by Gasteiger charge is -2.23. The molecule has 1 unspecified atom stereocenters. The fourth-order valence-corrected chi connectivity index (χ4v) is 2.18. The number of hydrogen-bond donors (Lipinski definition) is 1. The predicted molar refractivity (Wildman–Crippen MR) is 73.4 cm³/mol. The van der Waals surface area contributed by atoms with E-state index >= 15 is 0 Å². The molecule has 1 aliphatic heterocycles. The van der Waals surface area contributed by atoms with E-state index in [2.05, 4.69) is 5.32 Å². The van der Waals surface area contributed by atoms with Crippen LogP contribution in [0.5, 0.6) is 0 Å². The summed E-state index contributed by atoms with van der Waals surface area (Å²) in [5.41, 5.74) is 0.966. The SMILES string of the molecule is COCCN(Cc1ccoc1)C(=O)NCC1CCCO1. The second-order valence-corrected chi connectivity index (χ2v) is 4.87. The number of furan rings is 1. The minimum atomic E-state index is -0.0984. The number of rotatable bonds is 7. The first kappa shape index (κ1) is 14.9. The Morgan fingerprint density at radius 3 is 3.15 bits per heavy atom. The fourth-order valence-electron chi connectivity index (χ4n) is 2.18. The summed E-state index contributed by atoms with van der Waals surface area (Å²) in [6, 6.07) is 1.76. The van der Waals surface area contributed by atoms with Gasteiger partial charge in [-0.3, -0.25) is 0 Å². The topological polar surface area (TPSA) is 63.9 Å². The maximum absolute atomic E-state index is 12.2. The highest BCUT2D eigenvalue weighted by atomic mass is 16.5. The Morgan fingerprint density at radius 1 is 1.60 bits per heavy atom. The third kappa shape index (κ3) is 4.54. The van der Waals surface area contributed by atoms with Crippen LogP contribution in [0.2, 0.25) is 0 Å². The van der Waals surface area contributed by atoms with Crippen LogP contribution in [0.1, 0.15) is 18.4 Å². The third-order valence-corrected chi connectivity index (χ3v) is 3.31. The van der Waals surface area contributed by atoms with E-state index in [1.165, 1.54) is 0 Å². The molecule has 0 radical (unpaired) electrons. The number of ether oxygens (including phenoxy) is 2. The summed E-state index contributed by atoms with van der Waals surface area (Å²) in [6.45, 7) is 2.91. The van der Waals surface area contributed by atoms with E-state index < -0.39 is 0 Å². The Bertz CT molecular complexity index is 388. The number of carbonyl (C=O) groups excluding carboxylic acids is 1. The summed E-state index contributed by atoms with van der Waals surface area (Å²) in [5.74, 6) is 0. The van der Waals surface area contributed by atoms with Crippen molar-refractivity contribution in [2.75, 3.05) is 33.4 Å². The van der Waals surface area contributed by atoms with Gasteiger partial charge in [-0.25, -0.2) is 4.79 Å². The molecule has 2 amide bonds. The van der Waals surface area contributed by atoms with Crippen LogP contribution in [0, 0.1) is 0 Å². The minimum Gasteiger partial charge on any atom is -0.472 e. The second kappa shape index (κ2) is 7.91. The molecular weight excluding hydrogens is 260 g/mol. The number of methoxy groups -OCH3 is 1. The van der Waals surface area contributed by atoms with Crippen molar-refractivity contribution in [1.82, 2.24) is 10.2 Å². The summed E-state index contributed by atoms with van der Waals surface area (Å²) < 4.78 is 15.6. The normalized spacial score (nSPS) is 18.1. The molecule has 1 aromatic rings. The maximum Gasteiger partial charge on any atom is 0.317 e. The van der Waals surface area contributed by atoms with Gasteiger partial charge in [0.05, 0.1) is 31.8 Å². The highest BCUT2D eigenvalue weighted by Gasteiger charge is 2.19. The molecule has 20 heavy (non-hydrogen) atoms. The van der Waals surface area contributed by atoms with Crippen LogP contribution in [-0.2, 0) is 16.0 Å². The van der Waals surface area contributed by atoms with E-state index in [-0.39, 0.29) is 12.1 Å². The zero-order chi connectivity index (χ0) is 14.2. The van der Waals surface area contributed by atoms with Crippen molar-refractivity contribution in [3.63, 3.8) is 0 Å². The Labute approximate surface area is 119 Å². The lowest BCUT2D eigenvalue weighted by molar-refractivity contribution is 0.106. The van der Waals surface area contributed by atoms with E-state index in [9.17, 15) is 4.79 Å². The van der Waals surface area contributed by atoms with Gasteiger partial charge < -0.3 is 24.1 Å². The van der Waals surface area contributed by atoms with Crippen LogP contribution in [0.4, 0.5) is 4.79 Å². The molecule has 1 aliphatic rings. The van der Waals surface area contributed by atoms with Crippen LogP contribution < -0.4 is 5.32 Å². The molecule has 6 heteroatoms. The van der Waals surface area contributed by atoms with Crippen LogP contribution in [0.15, 0.2) is 23.0 Å². The molecule has 2 heterocycles. The van der Waals surface area contributed by atoms with Crippen LogP contribution in [0.3, 0.4) is 0 Å². The quantitative estimate of drug-likeness (QED) is 0.825. The minimum absolute atomic E-state index is 0.0984. The van der Waals surface area contributed by atoms with Gasteiger partial charge in [-0.05, 0) is 18.9 Å². The molecule has 0 bridgehead atoms. The summed E-state index contributed by atoms with van der Waals surface area (Å²) in [7, 11) is 1.63. The first-order valence-electron chi connectivity index (χ1n) is 6.94. The molecule has 0 saturated carbocycles. The highest BCUT2D eigenvalue weighted by molar-refractivity contribution is 5.74. The van der Waals surface area contributed by atoms with Crippen molar-refractivity contribution >= 4 is 6.03 Å². The number of amides is 2. The van der Waals surface area contributed by atoms with Gasteiger partial charge >= 0.3 is 6.03 Å².